The lowest BCUT2D eigenvalue weighted by Gasteiger charge is -2.25. The van der Waals surface area contributed by atoms with Gasteiger partial charge in [0.2, 0.25) is 15.9 Å². The number of nitrogens with zero attached hydrogens (tertiary/aromatic N) is 3. The van der Waals surface area contributed by atoms with E-state index in [9.17, 15) is 13.2 Å². The van der Waals surface area contributed by atoms with Gasteiger partial charge in [0.05, 0.1) is 11.4 Å². The highest BCUT2D eigenvalue weighted by Gasteiger charge is 2.28. The van der Waals surface area contributed by atoms with Gasteiger partial charge >= 0.3 is 0 Å². The zero-order valence-electron chi connectivity index (χ0n) is 17.2. The number of amides is 1. The topological polar surface area (TPSA) is 60.9 Å². The van der Waals surface area contributed by atoms with Crippen molar-refractivity contribution in [2.24, 2.45) is 0 Å². The van der Waals surface area contributed by atoms with Crippen molar-refractivity contribution in [3.05, 3.63) is 29.3 Å². The maximum absolute atomic E-state index is 13.2. The maximum Gasteiger partial charge on any atom is 0.243 e. The van der Waals surface area contributed by atoms with E-state index in [0.717, 1.165) is 32.2 Å². The highest BCUT2D eigenvalue weighted by Crippen LogP contribution is 2.26. The van der Waals surface area contributed by atoms with E-state index in [1.807, 2.05) is 30.9 Å². The van der Waals surface area contributed by atoms with Crippen LogP contribution < -0.4 is 0 Å². The van der Waals surface area contributed by atoms with Crippen molar-refractivity contribution >= 4 is 15.9 Å². The number of sulfonamides is 1. The number of benzene rings is 1. The monoisotopic (exact) mass is 407 g/mol. The third-order valence-electron chi connectivity index (χ3n) is 5.98. The zero-order valence-corrected chi connectivity index (χ0v) is 18.0. The molecule has 0 N–H and O–H groups in total. The maximum atomic E-state index is 13.2. The van der Waals surface area contributed by atoms with Crippen molar-refractivity contribution < 1.29 is 13.2 Å². The van der Waals surface area contributed by atoms with Gasteiger partial charge in [0.1, 0.15) is 0 Å². The molecular weight excluding hydrogens is 374 g/mol. The van der Waals surface area contributed by atoms with Gasteiger partial charge in [-0.25, -0.2) is 8.42 Å². The second kappa shape index (κ2) is 9.37. The highest BCUT2D eigenvalue weighted by molar-refractivity contribution is 7.89. The molecule has 28 heavy (non-hydrogen) atoms. The third-order valence-corrected chi connectivity index (χ3v) is 7.87. The van der Waals surface area contributed by atoms with Crippen molar-refractivity contribution in [3.63, 3.8) is 0 Å². The summed E-state index contributed by atoms with van der Waals surface area (Å²) < 4.78 is 28.0. The van der Waals surface area contributed by atoms with Crippen LogP contribution in [0.4, 0.5) is 0 Å². The first-order chi connectivity index (χ1) is 13.5. The lowest BCUT2D eigenvalue weighted by molar-refractivity contribution is -0.132. The number of carbonyl (C=O) groups excluding carboxylic acids is 1. The van der Waals surface area contributed by atoms with Gasteiger partial charge in [-0.05, 0) is 75.8 Å². The number of aryl methyl sites for hydroxylation is 2. The molecule has 2 aliphatic rings. The summed E-state index contributed by atoms with van der Waals surface area (Å²) in [6.07, 6.45) is 5.09. The Morgan fingerprint density at radius 1 is 0.964 bits per heavy atom. The van der Waals surface area contributed by atoms with Crippen molar-refractivity contribution in [3.8, 4) is 0 Å². The standard InChI is InChI=1S/C21H33N3O3S/c1-3-23(4-2)21(25)17-22-12-7-13-24(15-14-22)28(26,27)20-11-10-18-8-5-6-9-19(18)16-20/h10-11,16H,3-9,12-15,17H2,1-2H3. The van der Waals surface area contributed by atoms with E-state index in [-0.39, 0.29) is 5.91 Å². The Labute approximate surface area is 169 Å². The van der Waals surface area contributed by atoms with Gasteiger partial charge in [0.15, 0.2) is 0 Å². The average Bonchev–Trinajstić information content (AvgIpc) is 2.94. The number of rotatable bonds is 6. The molecule has 0 saturated carbocycles. The van der Waals surface area contributed by atoms with Crippen LogP contribution in [0.15, 0.2) is 23.1 Å². The molecule has 1 saturated heterocycles. The van der Waals surface area contributed by atoms with Gasteiger partial charge in [-0.2, -0.15) is 4.31 Å². The molecule has 0 atom stereocenters. The predicted octanol–water partition coefficient (Wildman–Crippen LogP) is 2.13. The first-order valence-corrected chi connectivity index (χ1v) is 12.0. The SMILES string of the molecule is CCN(CC)C(=O)CN1CCCN(S(=O)(=O)c2ccc3c(c2)CCCC3)CC1. The molecule has 1 amide bonds. The third kappa shape index (κ3) is 4.75. The molecule has 6 nitrogen and oxygen atoms in total. The second-order valence-electron chi connectivity index (χ2n) is 7.74. The molecular formula is C21H33N3O3S. The highest BCUT2D eigenvalue weighted by atomic mass is 32.2. The second-order valence-corrected chi connectivity index (χ2v) is 9.68. The Morgan fingerprint density at radius 2 is 1.68 bits per heavy atom. The number of hydrogen-bond acceptors (Lipinski definition) is 4. The van der Waals surface area contributed by atoms with Gasteiger partial charge in [-0.15, -0.1) is 0 Å². The molecule has 1 aliphatic carbocycles. The van der Waals surface area contributed by atoms with Crippen molar-refractivity contribution in [2.45, 2.75) is 50.8 Å². The molecule has 0 radical (unpaired) electrons. The Hall–Kier alpha value is -1.44. The molecule has 0 bridgehead atoms. The molecule has 7 heteroatoms. The average molecular weight is 408 g/mol. The van der Waals surface area contributed by atoms with Gasteiger partial charge in [0, 0.05) is 32.7 Å². The molecule has 156 valence electrons. The van der Waals surface area contributed by atoms with Crippen molar-refractivity contribution in [2.75, 3.05) is 45.8 Å². The van der Waals surface area contributed by atoms with Crippen molar-refractivity contribution in [1.82, 2.24) is 14.1 Å². The number of carbonyl (C=O) groups is 1. The fourth-order valence-corrected chi connectivity index (χ4v) is 5.75. The number of hydrogen-bond donors (Lipinski definition) is 0. The Kier molecular flexibility index (Phi) is 7.12. The quantitative estimate of drug-likeness (QED) is 0.725. The van der Waals surface area contributed by atoms with E-state index in [4.69, 9.17) is 0 Å². The molecule has 0 unspecified atom stereocenters. The van der Waals surface area contributed by atoms with E-state index >= 15 is 0 Å². The fourth-order valence-electron chi connectivity index (χ4n) is 4.23. The summed E-state index contributed by atoms with van der Waals surface area (Å²) in [7, 11) is -3.49. The van der Waals surface area contributed by atoms with Crippen LogP contribution in [0.1, 0.15) is 44.2 Å². The molecule has 1 fully saturated rings. The van der Waals surface area contributed by atoms with E-state index in [0.29, 0.717) is 44.2 Å². The van der Waals surface area contributed by atoms with Crippen molar-refractivity contribution in [1.29, 1.82) is 0 Å². The first kappa shape index (κ1) is 21.3. The Balaban J connectivity index is 1.66. The molecule has 1 heterocycles. The van der Waals surface area contributed by atoms with Crippen LogP contribution in [-0.4, -0.2) is 74.2 Å². The summed E-state index contributed by atoms with van der Waals surface area (Å²) in [5.41, 5.74) is 2.48. The molecule has 1 aromatic carbocycles. The lowest BCUT2D eigenvalue weighted by Crippen LogP contribution is -2.42. The van der Waals surface area contributed by atoms with E-state index < -0.39 is 10.0 Å². The largest absolute Gasteiger partial charge is 0.342 e. The summed E-state index contributed by atoms with van der Waals surface area (Å²) >= 11 is 0. The minimum atomic E-state index is -3.49. The van der Waals surface area contributed by atoms with Crippen LogP contribution >= 0.6 is 0 Å². The summed E-state index contributed by atoms with van der Waals surface area (Å²) in [5, 5.41) is 0. The Morgan fingerprint density at radius 3 is 2.39 bits per heavy atom. The van der Waals surface area contributed by atoms with Gasteiger partial charge in [-0.1, -0.05) is 6.07 Å². The minimum absolute atomic E-state index is 0.121. The summed E-state index contributed by atoms with van der Waals surface area (Å²) in [6.45, 7) is 8.05. The summed E-state index contributed by atoms with van der Waals surface area (Å²) in [5.74, 6) is 0.121. The van der Waals surface area contributed by atoms with E-state index in [2.05, 4.69) is 4.90 Å². The van der Waals surface area contributed by atoms with Crippen LogP contribution in [0.3, 0.4) is 0 Å². The van der Waals surface area contributed by atoms with Gasteiger partial charge < -0.3 is 4.90 Å². The van der Waals surface area contributed by atoms with E-state index in [1.165, 1.54) is 17.5 Å². The molecule has 1 aromatic rings. The smallest absolute Gasteiger partial charge is 0.243 e. The number of likely N-dealkylation sites (N-methyl/N-ethyl adjacent to an activating group) is 1. The van der Waals surface area contributed by atoms with Crippen LogP contribution in [0.25, 0.3) is 0 Å². The normalized spacial score (nSPS) is 19.1. The molecule has 3 rings (SSSR count). The zero-order chi connectivity index (χ0) is 20.1. The minimum Gasteiger partial charge on any atom is -0.342 e. The molecule has 0 aromatic heterocycles. The number of fused-ring (bicyclic) bond motifs is 1. The fraction of sp³-hybridized carbons (Fsp3) is 0.667. The van der Waals surface area contributed by atoms with Crippen LogP contribution in [0.2, 0.25) is 0 Å². The first-order valence-electron chi connectivity index (χ1n) is 10.6. The predicted molar refractivity (Wildman–Crippen MR) is 111 cm³/mol. The lowest BCUT2D eigenvalue weighted by atomic mass is 9.92. The Bertz CT molecular complexity index is 790. The van der Waals surface area contributed by atoms with Crippen LogP contribution in [0.5, 0.6) is 0 Å². The van der Waals surface area contributed by atoms with Crippen LogP contribution in [0, 0.1) is 0 Å². The summed E-state index contributed by atoms with van der Waals surface area (Å²) in [6, 6.07) is 5.65. The van der Waals surface area contributed by atoms with Gasteiger partial charge in [-0.3, -0.25) is 9.69 Å². The summed E-state index contributed by atoms with van der Waals surface area (Å²) in [4.78, 5) is 16.7. The van der Waals surface area contributed by atoms with Gasteiger partial charge in [0.25, 0.3) is 0 Å². The molecule has 0 spiro atoms. The van der Waals surface area contributed by atoms with E-state index in [1.54, 1.807) is 10.4 Å². The molecule has 1 aliphatic heterocycles. The van der Waals surface area contributed by atoms with Crippen LogP contribution in [-0.2, 0) is 27.7 Å².